The van der Waals surface area contributed by atoms with E-state index in [9.17, 15) is 9.59 Å². The lowest BCUT2D eigenvalue weighted by Crippen LogP contribution is -2.38. The summed E-state index contributed by atoms with van der Waals surface area (Å²) >= 11 is 0. The highest BCUT2D eigenvalue weighted by Crippen LogP contribution is 2.41. The van der Waals surface area contributed by atoms with Gasteiger partial charge in [0.2, 0.25) is 5.91 Å². The van der Waals surface area contributed by atoms with Gasteiger partial charge in [-0.3, -0.25) is 19.7 Å². The number of carbonyl (C=O) groups excluding carboxylic acids is 2. The van der Waals surface area contributed by atoms with Gasteiger partial charge in [0.25, 0.3) is 5.91 Å². The van der Waals surface area contributed by atoms with Crippen molar-refractivity contribution in [3.63, 3.8) is 0 Å². The highest BCUT2D eigenvalue weighted by Gasteiger charge is 2.51. The molecule has 0 bridgehead atoms. The number of rotatable bonds is 4. The highest BCUT2D eigenvalue weighted by atomic mass is 16.2. The maximum Gasteiger partial charge on any atom is 0.253 e. The van der Waals surface area contributed by atoms with Crippen molar-refractivity contribution in [2.75, 3.05) is 19.6 Å². The largest absolute Gasteiger partial charge is 0.338 e. The van der Waals surface area contributed by atoms with E-state index in [1.165, 1.54) is 0 Å². The minimum Gasteiger partial charge on any atom is -0.338 e. The molecule has 5 rings (SSSR count). The van der Waals surface area contributed by atoms with Crippen LogP contribution in [-0.2, 0) is 11.3 Å². The zero-order valence-corrected chi connectivity index (χ0v) is 16.6. The quantitative estimate of drug-likeness (QED) is 0.729. The van der Waals surface area contributed by atoms with E-state index >= 15 is 0 Å². The maximum atomic E-state index is 13.2. The second-order valence-electron chi connectivity index (χ2n) is 8.12. The Balaban J connectivity index is 1.29. The molecule has 1 aromatic carbocycles. The fraction of sp³-hybridized carbons (Fsp3) is 0.304. The van der Waals surface area contributed by atoms with Crippen molar-refractivity contribution in [2.45, 2.75) is 19.4 Å². The lowest BCUT2D eigenvalue weighted by Gasteiger charge is -2.23. The summed E-state index contributed by atoms with van der Waals surface area (Å²) in [4.78, 5) is 34.4. The number of hydrogen-bond donors (Lipinski definition) is 1. The molecule has 2 saturated heterocycles. The third kappa shape index (κ3) is 3.26. The molecule has 7 heteroatoms. The molecule has 1 unspecified atom stereocenters. The molecule has 3 aromatic rings. The van der Waals surface area contributed by atoms with Crippen LogP contribution >= 0.6 is 0 Å². The molecule has 4 heterocycles. The summed E-state index contributed by atoms with van der Waals surface area (Å²) in [6, 6.07) is 13.3. The van der Waals surface area contributed by atoms with E-state index in [0.717, 1.165) is 29.7 Å². The lowest BCUT2D eigenvalue weighted by atomic mass is 9.85. The molecular weight excluding hydrogens is 378 g/mol. The van der Waals surface area contributed by atoms with Crippen LogP contribution in [-0.4, -0.2) is 56.4 Å². The van der Waals surface area contributed by atoms with Crippen molar-refractivity contribution in [3.8, 4) is 11.1 Å². The molecule has 1 N–H and O–H groups in total. The van der Waals surface area contributed by atoms with E-state index in [2.05, 4.69) is 15.2 Å². The summed E-state index contributed by atoms with van der Waals surface area (Å²) in [5.41, 5.74) is 2.97. The Morgan fingerprint density at radius 1 is 1.10 bits per heavy atom. The van der Waals surface area contributed by atoms with Crippen LogP contribution in [0.1, 0.15) is 28.9 Å². The van der Waals surface area contributed by atoms with Crippen molar-refractivity contribution in [3.05, 3.63) is 72.3 Å². The van der Waals surface area contributed by atoms with E-state index in [0.29, 0.717) is 31.7 Å². The van der Waals surface area contributed by atoms with Crippen LogP contribution in [0.2, 0.25) is 0 Å². The first-order valence-corrected chi connectivity index (χ1v) is 10.2. The minimum atomic E-state index is -0.452. The van der Waals surface area contributed by atoms with Crippen molar-refractivity contribution >= 4 is 11.8 Å². The van der Waals surface area contributed by atoms with Gasteiger partial charge in [-0.15, -0.1) is 0 Å². The van der Waals surface area contributed by atoms with Crippen LogP contribution < -0.4 is 0 Å². The maximum absolute atomic E-state index is 13.2. The number of hydrogen-bond acceptors (Lipinski definition) is 4. The van der Waals surface area contributed by atoms with E-state index in [1.54, 1.807) is 12.4 Å². The number of nitrogens with one attached hydrogen (secondary N) is 1. The SMILES string of the molecule is O=C(c1cccc(-c2cn[nH]c2)c1)N1CCC2(CCN(Cc3ccccn3)C2=O)C1. The monoisotopic (exact) mass is 401 g/mol. The predicted octanol–water partition coefficient (Wildman–Crippen LogP) is 2.74. The number of aromatic nitrogens is 3. The molecule has 2 aliphatic rings. The fourth-order valence-electron chi connectivity index (χ4n) is 4.58. The van der Waals surface area contributed by atoms with Crippen LogP contribution in [0.4, 0.5) is 0 Å². The second kappa shape index (κ2) is 7.40. The number of likely N-dealkylation sites (tertiary alicyclic amines) is 2. The summed E-state index contributed by atoms with van der Waals surface area (Å²) in [5, 5.41) is 6.78. The number of aromatic amines is 1. The van der Waals surface area contributed by atoms with Crippen molar-refractivity contribution < 1.29 is 9.59 Å². The van der Waals surface area contributed by atoms with Crippen LogP contribution in [0.25, 0.3) is 11.1 Å². The lowest BCUT2D eigenvalue weighted by molar-refractivity contribution is -0.135. The molecule has 1 spiro atoms. The number of pyridine rings is 1. The Bertz CT molecular complexity index is 1070. The normalized spacial score (nSPS) is 21.0. The molecule has 2 aliphatic heterocycles. The first-order chi connectivity index (χ1) is 14.6. The summed E-state index contributed by atoms with van der Waals surface area (Å²) in [5.74, 6) is 0.129. The molecule has 152 valence electrons. The Morgan fingerprint density at radius 3 is 2.80 bits per heavy atom. The minimum absolute atomic E-state index is 0.0202. The molecule has 30 heavy (non-hydrogen) atoms. The molecule has 1 atom stereocenters. The summed E-state index contributed by atoms with van der Waals surface area (Å²) < 4.78 is 0. The Hall–Kier alpha value is -3.48. The average molecular weight is 401 g/mol. The molecule has 2 fully saturated rings. The van der Waals surface area contributed by atoms with Gasteiger partial charge in [0, 0.05) is 43.2 Å². The summed E-state index contributed by atoms with van der Waals surface area (Å²) in [7, 11) is 0. The predicted molar refractivity (Wildman–Crippen MR) is 111 cm³/mol. The number of carbonyl (C=O) groups is 2. The van der Waals surface area contributed by atoms with E-state index < -0.39 is 5.41 Å². The van der Waals surface area contributed by atoms with Crippen LogP contribution in [0, 0.1) is 5.41 Å². The van der Waals surface area contributed by atoms with Crippen molar-refractivity contribution in [1.82, 2.24) is 25.0 Å². The smallest absolute Gasteiger partial charge is 0.253 e. The second-order valence-corrected chi connectivity index (χ2v) is 8.12. The molecular formula is C23H23N5O2. The zero-order chi connectivity index (χ0) is 20.6. The fourth-order valence-corrected chi connectivity index (χ4v) is 4.58. The molecule has 0 radical (unpaired) electrons. The van der Waals surface area contributed by atoms with Gasteiger partial charge in [-0.25, -0.2) is 0 Å². The van der Waals surface area contributed by atoms with Crippen LogP contribution in [0.3, 0.4) is 0 Å². The Labute approximate surface area is 174 Å². The topological polar surface area (TPSA) is 82.2 Å². The van der Waals surface area contributed by atoms with Crippen LogP contribution in [0.15, 0.2) is 61.1 Å². The Morgan fingerprint density at radius 2 is 2.00 bits per heavy atom. The standard InChI is InChI=1S/C23H23N5O2/c29-21(18-5-3-4-17(12-18)19-13-25-26-14-19)28-11-8-23(16-28)7-10-27(22(23)30)15-20-6-1-2-9-24-20/h1-6,9,12-14H,7-8,10-11,15-16H2,(H,25,26). The number of benzene rings is 1. The van der Waals surface area contributed by atoms with E-state index in [-0.39, 0.29) is 11.8 Å². The summed E-state index contributed by atoms with van der Waals surface area (Å²) in [6.07, 6.45) is 6.80. The summed E-state index contributed by atoms with van der Waals surface area (Å²) in [6.45, 7) is 2.34. The van der Waals surface area contributed by atoms with Crippen molar-refractivity contribution in [2.24, 2.45) is 5.41 Å². The molecule has 7 nitrogen and oxygen atoms in total. The third-order valence-corrected chi connectivity index (χ3v) is 6.26. The highest BCUT2D eigenvalue weighted by molar-refractivity contribution is 5.96. The van der Waals surface area contributed by atoms with Gasteiger partial charge in [-0.2, -0.15) is 5.10 Å². The van der Waals surface area contributed by atoms with Gasteiger partial charge >= 0.3 is 0 Å². The van der Waals surface area contributed by atoms with Crippen molar-refractivity contribution in [1.29, 1.82) is 0 Å². The van der Waals surface area contributed by atoms with Gasteiger partial charge in [0.1, 0.15) is 0 Å². The molecule has 0 saturated carbocycles. The van der Waals surface area contributed by atoms with Gasteiger partial charge < -0.3 is 9.80 Å². The van der Waals surface area contributed by atoms with E-state index in [4.69, 9.17) is 0 Å². The number of amides is 2. The third-order valence-electron chi connectivity index (χ3n) is 6.26. The first-order valence-electron chi connectivity index (χ1n) is 10.2. The Kier molecular flexibility index (Phi) is 4.58. The van der Waals surface area contributed by atoms with Gasteiger partial charge in [-0.05, 0) is 42.7 Å². The zero-order valence-electron chi connectivity index (χ0n) is 16.6. The number of nitrogens with zero attached hydrogens (tertiary/aromatic N) is 4. The van der Waals surface area contributed by atoms with E-state index in [1.807, 2.05) is 58.5 Å². The van der Waals surface area contributed by atoms with Crippen LogP contribution in [0.5, 0.6) is 0 Å². The van der Waals surface area contributed by atoms with Gasteiger partial charge in [-0.1, -0.05) is 18.2 Å². The van der Waals surface area contributed by atoms with Gasteiger partial charge in [0.05, 0.1) is 23.9 Å². The molecule has 0 aliphatic carbocycles. The first kappa shape index (κ1) is 18.5. The molecule has 2 aromatic heterocycles. The molecule has 2 amide bonds. The average Bonchev–Trinajstić information content (AvgIpc) is 3.53. The van der Waals surface area contributed by atoms with Gasteiger partial charge in [0.15, 0.2) is 0 Å². The number of H-pyrrole nitrogens is 1.